The average molecular weight is 583 g/mol. The van der Waals surface area contributed by atoms with Gasteiger partial charge in [0.25, 0.3) is 5.91 Å². The van der Waals surface area contributed by atoms with Crippen molar-refractivity contribution in [2.24, 2.45) is 0 Å². The fraction of sp³-hybridized carbons (Fsp3) is 0.0455. The Morgan fingerprint density at radius 2 is 1.82 bits per heavy atom. The molecular weight excluding hydrogens is 569 g/mol. The molecule has 174 valence electrons. The number of pyridine rings is 1. The van der Waals surface area contributed by atoms with Gasteiger partial charge < -0.3 is 15.8 Å². The number of aromatic nitrogens is 3. The van der Waals surface area contributed by atoms with Crippen LogP contribution in [0.25, 0.3) is 5.69 Å². The van der Waals surface area contributed by atoms with Crippen LogP contribution >= 0.6 is 22.6 Å². The number of alkyl halides is 3. The first-order valence-electron chi connectivity index (χ1n) is 9.54. The number of hydrogen-bond donors (Lipinski definition) is 2. The molecule has 3 N–H and O–H groups in total. The Bertz CT molecular complexity index is 1360. The van der Waals surface area contributed by atoms with E-state index < -0.39 is 29.2 Å². The van der Waals surface area contributed by atoms with Gasteiger partial charge in [-0.3, -0.25) is 4.79 Å². The van der Waals surface area contributed by atoms with Crippen LogP contribution in [0.1, 0.15) is 16.1 Å². The molecule has 12 heteroatoms. The molecule has 0 saturated carbocycles. The number of ether oxygens (including phenoxy) is 1. The van der Waals surface area contributed by atoms with Gasteiger partial charge in [0.2, 0.25) is 0 Å². The van der Waals surface area contributed by atoms with Gasteiger partial charge in [-0.15, -0.1) is 0 Å². The minimum Gasteiger partial charge on any atom is -0.453 e. The predicted molar refractivity (Wildman–Crippen MR) is 124 cm³/mol. The van der Waals surface area contributed by atoms with Crippen molar-refractivity contribution < 1.29 is 27.1 Å². The second-order valence-electron chi connectivity index (χ2n) is 6.86. The molecular formula is C22H14F4IN5O2. The van der Waals surface area contributed by atoms with Crippen molar-refractivity contribution in [3.63, 3.8) is 0 Å². The molecule has 7 nitrogen and oxygen atoms in total. The maximum atomic E-state index is 14.6. The lowest BCUT2D eigenvalue weighted by molar-refractivity contribution is -0.143. The van der Waals surface area contributed by atoms with E-state index in [-0.39, 0.29) is 28.7 Å². The Balaban J connectivity index is 1.59. The highest BCUT2D eigenvalue weighted by Crippen LogP contribution is 2.35. The van der Waals surface area contributed by atoms with Crippen molar-refractivity contribution in [1.82, 2.24) is 14.8 Å². The summed E-state index contributed by atoms with van der Waals surface area (Å²) in [5, 5.41) is 6.00. The van der Waals surface area contributed by atoms with Gasteiger partial charge in [-0.05, 0) is 46.9 Å². The highest BCUT2D eigenvalue weighted by atomic mass is 127. The molecule has 0 aliphatic carbocycles. The molecule has 0 aliphatic heterocycles. The molecule has 0 atom stereocenters. The highest BCUT2D eigenvalue weighted by molar-refractivity contribution is 14.1. The van der Waals surface area contributed by atoms with Gasteiger partial charge in [0.1, 0.15) is 11.6 Å². The van der Waals surface area contributed by atoms with Crippen LogP contribution in [0.5, 0.6) is 11.5 Å². The smallest absolute Gasteiger partial charge is 0.434 e. The van der Waals surface area contributed by atoms with Crippen molar-refractivity contribution in [2.75, 3.05) is 11.1 Å². The number of nitrogen functional groups attached to an aromatic ring is 1. The van der Waals surface area contributed by atoms with E-state index in [4.69, 9.17) is 10.5 Å². The zero-order valence-corrected chi connectivity index (χ0v) is 19.1. The number of amides is 1. The van der Waals surface area contributed by atoms with Crippen LogP contribution in [-0.4, -0.2) is 20.7 Å². The number of rotatable bonds is 5. The first kappa shape index (κ1) is 23.5. The van der Waals surface area contributed by atoms with Crippen LogP contribution in [0.4, 0.5) is 29.1 Å². The number of hydrogen-bond acceptors (Lipinski definition) is 5. The normalized spacial score (nSPS) is 11.3. The molecule has 1 amide bonds. The summed E-state index contributed by atoms with van der Waals surface area (Å²) >= 11 is 1.90. The third kappa shape index (κ3) is 4.81. The number of nitrogens with one attached hydrogen (secondary N) is 1. The van der Waals surface area contributed by atoms with Crippen LogP contribution in [0.3, 0.4) is 0 Å². The van der Waals surface area contributed by atoms with E-state index in [1.165, 1.54) is 36.5 Å². The first-order chi connectivity index (χ1) is 16.1. The number of halogens is 5. The van der Waals surface area contributed by atoms with Crippen LogP contribution in [0, 0.1) is 9.39 Å². The molecule has 0 unspecified atom stereocenters. The van der Waals surface area contributed by atoms with E-state index in [0.717, 1.165) is 12.3 Å². The van der Waals surface area contributed by atoms with Gasteiger partial charge in [0, 0.05) is 24.0 Å². The van der Waals surface area contributed by atoms with Gasteiger partial charge in [0.15, 0.2) is 17.3 Å². The number of nitrogens with zero attached hydrogens (tertiary/aromatic N) is 3. The van der Waals surface area contributed by atoms with E-state index in [0.29, 0.717) is 8.25 Å². The number of para-hydroxylation sites is 1. The maximum absolute atomic E-state index is 14.6. The summed E-state index contributed by atoms with van der Waals surface area (Å²) in [6.45, 7) is 0. The van der Waals surface area contributed by atoms with Crippen molar-refractivity contribution in [2.45, 2.75) is 6.18 Å². The summed E-state index contributed by atoms with van der Waals surface area (Å²) in [7, 11) is 0. The Morgan fingerprint density at radius 1 is 1.09 bits per heavy atom. The molecule has 0 fully saturated rings. The van der Waals surface area contributed by atoms with Crippen molar-refractivity contribution in [3.8, 4) is 17.2 Å². The van der Waals surface area contributed by atoms with Gasteiger partial charge in [-0.2, -0.15) is 18.3 Å². The molecule has 0 bridgehead atoms. The Hall–Kier alpha value is -3.68. The molecule has 2 aromatic heterocycles. The fourth-order valence-corrected chi connectivity index (χ4v) is 3.48. The third-order valence-corrected chi connectivity index (χ3v) is 5.66. The zero-order chi connectivity index (χ0) is 24.5. The topological polar surface area (TPSA) is 95.1 Å². The van der Waals surface area contributed by atoms with Gasteiger partial charge in [-0.1, -0.05) is 18.2 Å². The summed E-state index contributed by atoms with van der Waals surface area (Å²) in [5.74, 6) is -1.64. The van der Waals surface area contributed by atoms with E-state index in [1.54, 1.807) is 18.2 Å². The minimum absolute atomic E-state index is 0.0700. The lowest BCUT2D eigenvalue weighted by Crippen LogP contribution is -2.20. The molecule has 2 heterocycles. The summed E-state index contributed by atoms with van der Waals surface area (Å²) in [6, 6.07) is 12.5. The molecule has 4 rings (SSSR count). The van der Waals surface area contributed by atoms with E-state index in [1.807, 2.05) is 22.6 Å². The van der Waals surface area contributed by atoms with Crippen molar-refractivity contribution in [1.29, 1.82) is 0 Å². The fourth-order valence-electron chi connectivity index (χ4n) is 3.05. The van der Waals surface area contributed by atoms with Crippen molar-refractivity contribution in [3.05, 3.63) is 87.6 Å². The SMILES string of the molecule is Nc1nccc(Oc2ccc(NC(=O)c3cnn(-c4ccccc4)c3C(F)(F)F)cc2F)c1I. The Kier molecular flexibility index (Phi) is 6.41. The van der Waals surface area contributed by atoms with Crippen LogP contribution in [-0.2, 0) is 6.18 Å². The van der Waals surface area contributed by atoms with Crippen molar-refractivity contribution >= 4 is 40.0 Å². The molecule has 34 heavy (non-hydrogen) atoms. The number of carbonyl (C=O) groups is 1. The minimum atomic E-state index is -4.87. The Labute approximate surface area is 203 Å². The average Bonchev–Trinajstić information content (AvgIpc) is 3.25. The van der Waals surface area contributed by atoms with Crippen LogP contribution < -0.4 is 15.8 Å². The summed E-state index contributed by atoms with van der Waals surface area (Å²) < 4.78 is 62.6. The molecule has 0 spiro atoms. The van der Waals surface area contributed by atoms with Gasteiger partial charge in [0.05, 0.1) is 21.0 Å². The third-order valence-electron chi connectivity index (χ3n) is 4.57. The van der Waals surface area contributed by atoms with Gasteiger partial charge >= 0.3 is 6.18 Å². The second-order valence-corrected chi connectivity index (χ2v) is 7.94. The molecule has 4 aromatic rings. The largest absolute Gasteiger partial charge is 0.453 e. The quantitative estimate of drug-likeness (QED) is 0.234. The lowest BCUT2D eigenvalue weighted by Gasteiger charge is -2.13. The molecule has 2 aromatic carbocycles. The zero-order valence-electron chi connectivity index (χ0n) is 17.0. The lowest BCUT2D eigenvalue weighted by atomic mass is 10.2. The van der Waals surface area contributed by atoms with Gasteiger partial charge in [-0.25, -0.2) is 14.1 Å². The molecule has 0 saturated heterocycles. The van der Waals surface area contributed by atoms with E-state index in [2.05, 4.69) is 15.4 Å². The number of anilines is 2. The second kappa shape index (κ2) is 9.29. The molecule has 0 radical (unpaired) electrons. The van der Waals surface area contributed by atoms with Crippen LogP contribution in [0.2, 0.25) is 0 Å². The predicted octanol–water partition coefficient (Wildman–Crippen LogP) is 5.66. The summed E-state index contributed by atoms with van der Waals surface area (Å²) in [6.07, 6.45) is -2.66. The summed E-state index contributed by atoms with van der Waals surface area (Å²) in [5.41, 5.74) is 3.81. The van der Waals surface area contributed by atoms with E-state index >= 15 is 0 Å². The maximum Gasteiger partial charge on any atom is 0.434 e. The number of carbonyl (C=O) groups excluding carboxylic acids is 1. The highest BCUT2D eigenvalue weighted by Gasteiger charge is 2.40. The van der Waals surface area contributed by atoms with Crippen LogP contribution in [0.15, 0.2) is 67.0 Å². The van der Waals surface area contributed by atoms with E-state index in [9.17, 15) is 22.4 Å². The standard InChI is InChI=1S/C22H14F4IN5O2/c23-15-10-12(6-7-16(15)34-17-8-9-29-20(28)18(17)27)31-21(33)14-11-30-32(19(14)22(24,25)26)13-4-2-1-3-5-13/h1-11H,(H2,28,29)(H,31,33). The number of nitrogens with two attached hydrogens (primary N) is 1. The monoisotopic (exact) mass is 583 g/mol. The number of benzene rings is 2. The Morgan fingerprint density at radius 3 is 2.50 bits per heavy atom. The summed E-state index contributed by atoms with van der Waals surface area (Å²) in [4.78, 5) is 16.5. The molecule has 0 aliphatic rings. The first-order valence-corrected chi connectivity index (χ1v) is 10.6.